The number of carboxylic acids is 1. The highest BCUT2D eigenvalue weighted by Gasteiger charge is 2.15. The van der Waals surface area contributed by atoms with Gasteiger partial charge in [0, 0.05) is 35.5 Å². The van der Waals surface area contributed by atoms with Gasteiger partial charge in [-0.3, -0.25) is 4.79 Å². The Bertz CT molecular complexity index is 501. The lowest BCUT2D eigenvalue weighted by molar-refractivity contribution is -0.121. The molecule has 1 unspecified atom stereocenters. The lowest BCUT2D eigenvalue weighted by Crippen LogP contribution is -2.33. The van der Waals surface area contributed by atoms with E-state index in [1.54, 1.807) is 24.3 Å². The maximum atomic E-state index is 11.9. The lowest BCUT2D eigenvalue weighted by Gasteiger charge is -2.21. The second-order valence-electron chi connectivity index (χ2n) is 4.83. The van der Waals surface area contributed by atoms with Crippen molar-refractivity contribution in [2.75, 3.05) is 23.8 Å². The van der Waals surface area contributed by atoms with Gasteiger partial charge in [-0.2, -0.15) is 23.5 Å². The standard InChI is InChI=1S/C15H19NO3S2/c17-14(16-9-12-10-20-7-8-21-12)6-5-11-3-1-2-4-13(11)15(18)19/h1-4,12H,5-10H2,(H,16,17)(H,18,19). The highest BCUT2D eigenvalue weighted by atomic mass is 32.2. The van der Waals surface area contributed by atoms with Gasteiger partial charge in [-0.25, -0.2) is 4.79 Å². The molecule has 1 aliphatic heterocycles. The highest BCUT2D eigenvalue weighted by Crippen LogP contribution is 2.23. The minimum absolute atomic E-state index is 0.00800. The smallest absolute Gasteiger partial charge is 0.335 e. The number of benzene rings is 1. The Balaban J connectivity index is 1.77. The Kier molecular flexibility index (Phi) is 6.45. The number of carbonyl (C=O) groups is 2. The van der Waals surface area contributed by atoms with Gasteiger partial charge in [-0.05, 0) is 18.1 Å². The number of carboxylic acid groups (broad SMARTS) is 1. The SMILES string of the molecule is O=C(CCc1ccccc1C(=O)O)NCC1CSCCS1. The summed E-state index contributed by atoms with van der Waals surface area (Å²) in [6.07, 6.45) is 0.787. The van der Waals surface area contributed by atoms with Gasteiger partial charge in [-0.15, -0.1) is 0 Å². The van der Waals surface area contributed by atoms with E-state index in [1.165, 1.54) is 5.75 Å². The van der Waals surface area contributed by atoms with Crippen LogP contribution in [0.5, 0.6) is 0 Å². The van der Waals surface area contributed by atoms with Gasteiger partial charge in [0.2, 0.25) is 5.91 Å². The number of hydrogen-bond acceptors (Lipinski definition) is 4. The average molecular weight is 325 g/mol. The Morgan fingerprint density at radius 2 is 2.10 bits per heavy atom. The number of nitrogens with one attached hydrogen (secondary N) is 1. The van der Waals surface area contributed by atoms with Crippen molar-refractivity contribution in [1.82, 2.24) is 5.32 Å². The molecule has 1 amide bonds. The van der Waals surface area contributed by atoms with Crippen molar-refractivity contribution in [2.45, 2.75) is 18.1 Å². The predicted octanol–water partition coefficient (Wildman–Crippen LogP) is 2.28. The van der Waals surface area contributed by atoms with E-state index >= 15 is 0 Å². The van der Waals surface area contributed by atoms with Crippen LogP contribution < -0.4 is 5.32 Å². The van der Waals surface area contributed by atoms with Gasteiger partial charge in [0.05, 0.1) is 5.56 Å². The summed E-state index contributed by atoms with van der Waals surface area (Å²) >= 11 is 3.85. The van der Waals surface area contributed by atoms with E-state index in [9.17, 15) is 9.59 Å². The van der Waals surface area contributed by atoms with Gasteiger partial charge in [0.1, 0.15) is 0 Å². The van der Waals surface area contributed by atoms with Gasteiger partial charge >= 0.3 is 5.97 Å². The third-order valence-electron chi connectivity index (χ3n) is 3.28. The van der Waals surface area contributed by atoms with E-state index in [1.807, 2.05) is 23.5 Å². The summed E-state index contributed by atoms with van der Waals surface area (Å²) in [6.45, 7) is 0.705. The quantitative estimate of drug-likeness (QED) is 0.840. The fourth-order valence-corrected chi connectivity index (χ4v) is 4.78. The Morgan fingerprint density at radius 1 is 1.29 bits per heavy atom. The van der Waals surface area contributed by atoms with Crippen LogP contribution in [0.4, 0.5) is 0 Å². The summed E-state index contributed by atoms with van der Waals surface area (Å²) in [5, 5.41) is 12.5. The summed E-state index contributed by atoms with van der Waals surface area (Å²) < 4.78 is 0. The Morgan fingerprint density at radius 3 is 2.81 bits per heavy atom. The van der Waals surface area contributed by atoms with E-state index in [4.69, 9.17) is 5.11 Å². The van der Waals surface area contributed by atoms with Crippen molar-refractivity contribution in [3.05, 3.63) is 35.4 Å². The van der Waals surface area contributed by atoms with Gasteiger partial charge in [-0.1, -0.05) is 18.2 Å². The molecular formula is C15H19NO3S2. The van der Waals surface area contributed by atoms with E-state index in [0.717, 1.165) is 11.5 Å². The van der Waals surface area contributed by atoms with Gasteiger partial charge in [0.15, 0.2) is 0 Å². The normalized spacial score (nSPS) is 18.2. The molecular weight excluding hydrogens is 306 g/mol. The van der Waals surface area contributed by atoms with Crippen molar-refractivity contribution in [1.29, 1.82) is 0 Å². The van der Waals surface area contributed by atoms with Crippen molar-refractivity contribution >= 4 is 35.4 Å². The van der Waals surface area contributed by atoms with Crippen molar-refractivity contribution in [3.63, 3.8) is 0 Å². The molecule has 21 heavy (non-hydrogen) atoms. The van der Waals surface area contributed by atoms with Crippen LogP contribution in [0.3, 0.4) is 0 Å². The highest BCUT2D eigenvalue weighted by molar-refractivity contribution is 8.06. The van der Waals surface area contributed by atoms with E-state index in [2.05, 4.69) is 5.32 Å². The number of aryl methyl sites for hydroxylation is 1. The summed E-state index contributed by atoms with van der Waals surface area (Å²) in [5.41, 5.74) is 0.993. The molecule has 1 aromatic rings. The second kappa shape index (κ2) is 8.34. The number of aromatic carboxylic acids is 1. The molecule has 1 aliphatic rings. The largest absolute Gasteiger partial charge is 0.478 e. The van der Waals surface area contributed by atoms with Crippen LogP contribution in [0.15, 0.2) is 24.3 Å². The maximum Gasteiger partial charge on any atom is 0.335 e. The molecule has 4 nitrogen and oxygen atoms in total. The zero-order chi connectivity index (χ0) is 15.1. The third-order valence-corrected chi connectivity index (χ3v) is 6.13. The minimum atomic E-state index is -0.943. The molecule has 0 radical (unpaired) electrons. The monoisotopic (exact) mass is 325 g/mol. The minimum Gasteiger partial charge on any atom is -0.478 e. The molecule has 0 aliphatic carbocycles. The number of amides is 1. The van der Waals surface area contributed by atoms with Crippen LogP contribution in [-0.4, -0.2) is 46.0 Å². The van der Waals surface area contributed by atoms with Gasteiger partial charge in [0.25, 0.3) is 0 Å². The molecule has 2 rings (SSSR count). The maximum absolute atomic E-state index is 11.9. The molecule has 1 aromatic carbocycles. The second-order valence-corrected chi connectivity index (χ2v) is 7.39. The fraction of sp³-hybridized carbons (Fsp3) is 0.467. The summed E-state index contributed by atoms with van der Waals surface area (Å²) in [5.74, 6) is 2.48. The van der Waals surface area contributed by atoms with E-state index < -0.39 is 5.97 Å². The molecule has 0 spiro atoms. The first-order valence-electron chi connectivity index (χ1n) is 6.94. The van der Waals surface area contributed by atoms with E-state index in [0.29, 0.717) is 30.2 Å². The molecule has 6 heteroatoms. The molecule has 114 valence electrons. The molecule has 1 fully saturated rings. The van der Waals surface area contributed by atoms with Crippen LogP contribution in [0, 0.1) is 0 Å². The van der Waals surface area contributed by atoms with Crippen LogP contribution in [0.25, 0.3) is 0 Å². The van der Waals surface area contributed by atoms with E-state index in [-0.39, 0.29) is 11.5 Å². The Labute approximate surface area is 133 Å². The molecule has 1 heterocycles. The predicted molar refractivity (Wildman–Crippen MR) is 88.3 cm³/mol. The average Bonchev–Trinajstić information content (AvgIpc) is 2.52. The molecule has 0 saturated carbocycles. The number of carbonyl (C=O) groups excluding carboxylic acids is 1. The first kappa shape index (κ1) is 16.2. The molecule has 0 bridgehead atoms. The zero-order valence-corrected chi connectivity index (χ0v) is 13.3. The molecule has 2 N–H and O–H groups in total. The lowest BCUT2D eigenvalue weighted by atomic mass is 10.0. The first-order chi connectivity index (χ1) is 10.2. The van der Waals surface area contributed by atoms with Crippen LogP contribution in [-0.2, 0) is 11.2 Å². The number of hydrogen-bond donors (Lipinski definition) is 2. The van der Waals surface area contributed by atoms with Crippen LogP contribution >= 0.6 is 23.5 Å². The third kappa shape index (κ3) is 5.28. The first-order valence-corrected chi connectivity index (χ1v) is 9.14. The summed E-state index contributed by atoms with van der Waals surface area (Å²) in [6, 6.07) is 6.84. The fourth-order valence-electron chi connectivity index (χ4n) is 2.17. The Hall–Kier alpha value is -1.14. The van der Waals surface area contributed by atoms with Crippen LogP contribution in [0.1, 0.15) is 22.3 Å². The molecule has 1 saturated heterocycles. The van der Waals surface area contributed by atoms with Crippen molar-refractivity contribution in [2.24, 2.45) is 0 Å². The number of thioether (sulfide) groups is 2. The zero-order valence-electron chi connectivity index (χ0n) is 11.7. The molecule has 1 atom stereocenters. The van der Waals surface area contributed by atoms with Gasteiger partial charge < -0.3 is 10.4 Å². The van der Waals surface area contributed by atoms with Crippen molar-refractivity contribution < 1.29 is 14.7 Å². The van der Waals surface area contributed by atoms with Crippen molar-refractivity contribution in [3.8, 4) is 0 Å². The van der Waals surface area contributed by atoms with Crippen LogP contribution in [0.2, 0.25) is 0 Å². The summed E-state index contributed by atoms with van der Waals surface area (Å²) in [4.78, 5) is 23.0. The number of rotatable bonds is 6. The molecule has 0 aromatic heterocycles. The summed E-state index contributed by atoms with van der Waals surface area (Å²) in [7, 11) is 0. The topological polar surface area (TPSA) is 66.4 Å².